The van der Waals surface area contributed by atoms with Crippen LogP contribution in [0.5, 0.6) is 0 Å². The molecule has 0 aliphatic carbocycles. The van der Waals surface area contributed by atoms with Crippen molar-refractivity contribution in [1.82, 2.24) is 4.90 Å². The molecule has 6 rings (SSSR count). The Balaban J connectivity index is 1.19. The molecule has 0 bridgehead atoms. The summed E-state index contributed by atoms with van der Waals surface area (Å²) in [7, 11) is 0. The van der Waals surface area contributed by atoms with Crippen molar-refractivity contribution in [2.75, 3.05) is 17.2 Å². The molecule has 1 aliphatic heterocycles. The topological polar surface area (TPSA) is 105 Å². The second-order valence-electron chi connectivity index (χ2n) is 9.95. The Bertz CT molecular complexity index is 1760. The summed E-state index contributed by atoms with van der Waals surface area (Å²) < 4.78 is 0. The summed E-state index contributed by atoms with van der Waals surface area (Å²) in [6, 6.07) is 34.3. The zero-order valence-corrected chi connectivity index (χ0v) is 22.3. The summed E-state index contributed by atoms with van der Waals surface area (Å²) in [4.78, 5) is 40.9. The number of carbonyl (C=O) groups is 3. The van der Waals surface area contributed by atoms with Crippen LogP contribution in [0, 0.1) is 0 Å². The SMILES string of the molecule is NCc1cccc(CNc2ccc3c4c(cccc24)C(=O)N(CC(=O)Nc2ccc(-c4ccccc4)cc2)C3=O)c1. The molecule has 202 valence electrons. The van der Waals surface area contributed by atoms with Crippen LogP contribution in [-0.4, -0.2) is 29.2 Å². The number of hydrogen-bond acceptors (Lipinski definition) is 5. The number of amides is 3. The summed E-state index contributed by atoms with van der Waals surface area (Å²) in [5, 5.41) is 7.61. The molecule has 0 spiro atoms. The second-order valence-corrected chi connectivity index (χ2v) is 9.95. The van der Waals surface area contributed by atoms with Crippen LogP contribution in [0.2, 0.25) is 0 Å². The lowest BCUT2D eigenvalue weighted by molar-refractivity contribution is -0.116. The average Bonchev–Trinajstić information content (AvgIpc) is 3.02. The molecule has 0 fully saturated rings. The Kier molecular flexibility index (Phi) is 7.02. The van der Waals surface area contributed by atoms with E-state index in [-0.39, 0.29) is 6.54 Å². The number of benzene rings is 5. The molecular formula is C34H28N4O3. The molecule has 0 unspecified atom stereocenters. The van der Waals surface area contributed by atoms with Crippen LogP contribution in [-0.2, 0) is 17.9 Å². The molecule has 0 atom stereocenters. The van der Waals surface area contributed by atoms with Gasteiger partial charge in [0, 0.05) is 46.4 Å². The highest BCUT2D eigenvalue weighted by atomic mass is 16.2. The van der Waals surface area contributed by atoms with Gasteiger partial charge in [-0.05, 0) is 52.6 Å². The standard InChI is InChI=1S/C34H28N4O3/c35-19-22-6-4-7-23(18-22)20-36-30-17-16-29-32-27(30)10-5-11-28(32)33(40)38(34(29)41)21-31(39)37-26-14-12-25(13-15-26)24-8-2-1-3-9-24/h1-18,36H,19-21,35H2,(H,37,39). The number of anilines is 2. The van der Waals surface area contributed by atoms with Gasteiger partial charge in [-0.15, -0.1) is 0 Å². The van der Waals surface area contributed by atoms with Gasteiger partial charge in [0.25, 0.3) is 11.8 Å². The molecule has 41 heavy (non-hydrogen) atoms. The molecule has 5 aromatic rings. The van der Waals surface area contributed by atoms with Crippen LogP contribution in [0.3, 0.4) is 0 Å². The van der Waals surface area contributed by atoms with E-state index in [1.54, 1.807) is 30.3 Å². The van der Waals surface area contributed by atoms with Crippen molar-refractivity contribution in [2.24, 2.45) is 5.73 Å². The van der Waals surface area contributed by atoms with Crippen LogP contribution in [0.4, 0.5) is 11.4 Å². The van der Waals surface area contributed by atoms with Crippen LogP contribution < -0.4 is 16.4 Å². The third-order valence-corrected chi connectivity index (χ3v) is 7.28. The van der Waals surface area contributed by atoms with E-state index in [2.05, 4.69) is 10.6 Å². The summed E-state index contributed by atoms with van der Waals surface area (Å²) in [6.07, 6.45) is 0. The molecule has 1 aliphatic rings. The third kappa shape index (κ3) is 5.18. The number of hydrogen-bond donors (Lipinski definition) is 3. The first kappa shape index (κ1) is 26.0. The van der Waals surface area contributed by atoms with Crippen LogP contribution in [0.1, 0.15) is 31.8 Å². The summed E-state index contributed by atoms with van der Waals surface area (Å²) in [5.41, 5.74) is 12.2. The predicted molar refractivity (Wildman–Crippen MR) is 161 cm³/mol. The first-order valence-corrected chi connectivity index (χ1v) is 13.4. The van der Waals surface area contributed by atoms with Gasteiger partial charge in [0.15, 0.2) is 0 Å². The van der Waals surface area contributed by atoms with Gasteiger partial charge < -0.3 is 16.4 Å². The van der Waals surface area contributed by atoms with E-state index in [9.17, 15) is 14.4 Å². The molecule has 7 heteroatoms. The smallest absolute Gasteiger partial charge is 0.261 e. The van der Waals surface area contributed by atoms with E-state index in [1.165, 1.54) is 0 Å². The fraction of sp³-hybridized carbons (Fsp3) is 0.0882. The van der Waals surface area contributed by atoms with Gasteiger partial charge in [0.2, 0.25) is 5.91 Å². The van der Waals surface area contributed by atoms with Crippen LogP contribution in [0.15, 0.2) is 109 Å². The zero-order valence-electron chi connectivity index (χ0n) is 22.3. The molecule has 1 heterocycles. The van der Waals surface area contributed by atoms with Crippen molar-refractivity contribution < 1.29 is 14.4 Å². The Morgan fingerprint density at radius 2 is 1.39 bits per heavy atom. The van der Waals surface area contributed by atoms with E-state index in [1.807, 2.05) is 78.9 Å². The van der Waals surface area contributed by atoms with Gasteiger partial charge in [-0.1, -0.05) is 78.9 Å². The highest BCUT2D eigenvalue weighted by molar-refractivity contribution is 6.27. The monoisotopic (exact) mass is 540 g/mol. The lowest BCUT2D eigenvalue weighted by Gasteiger charge is -2.27. The van der Waals surface area contributed by atoms with E-state index in [0.29, 0.717) is 35.3 Å². The average molecular weight is 541 g/mol. The van der Waals surface area contributed by atoms with E-state index in [4.69, 9.17) is 5.73 Å². The van der Waals surface area contributed by atoms with Gasteiger partial charge in [0.05, 0.1) is 0 Å². The highest BCUT2D eigenvalue weighted by Crippen LogP contribution is 2.34. The zero-order chi connectivity index (χ0) is 28.3. The lowest BCUT2D eigenvalue weighted by Crippen LogP contribution is -2.44. The predicted octanol–water partition coefficient (Wildman–Crippen LogP) is 5.81. The molecular weight excluding hydrogens is 512 g/mol. The number of nitrogens with two attached hydrogens (primary N) is 1. The van der Waals surface area contributed by atoms with Gasteiger partial charge in [-0.25, -0.2) is 0 Å². The molecule has 0 aromatic heterocycles. The Morgan fingerprint density at radius 1 is 0.707 bits per heavy atom. The highest BCUT2D eigenvalue weighted by Gasteiger charge is 2.34. The van der Waals surface area contributed by atoms with Gasteiger partial charge in [-0.2, -0.15) is 0 Å². The second kappa shape index (κ2) is 11.1. The minimum atomic E-state index is -0.490. The maximum Gasteiger partial charge on any atom is 0.261 e. The maximum absolute atomic E-state index is 13.5. The Morgan fingerprint density at radius 3 is 2.15 bits per heavy atom. The minimum absolute atomic E-state index is 0.384. The number of nitrogens with one attached hydrogen (secondary N) is 2. The maximum atomic E-state index is 13.5. The number of nitrogens with zero attached hydrogens (tertiary/aromatic N) is 1. The lowest BCUT2D eigenvalue weighted by atomic mass is 9.93. The quantitative estimate of drug-likeness (QED) is 0.215. The van der Waals surface area contributed by atoms with Gasteiger partial charge >= 0.3 is 0 Å². The normalized spacial score (nSPS) is 12.5. The van der Waals surface area contributed by atoms with Crippen LogP contribution >= 0.6 is 0 Å². The van der Waals surface area contributed by atoms with E-state index in [0.717, 1.165) is 38.2 Å². The Hall–Kier alpha value is -5.27. The fourth-order valence-electron chi connectivity index (χ4n) is 5.23. The van der Waals surface area contributed by atoms with Gasteiger partial charge in [0.1, 0.15) is 6.54 Å². The number of carbonyl (C=O) groups excluding carboxylic acids is 3. The molecule has 0 saturated carbocycles. The van der Waals surface area contributed by atoms with Crippen molar-refractivity contribution in [1.29, 1.82) is 0 Å². The molecule has 3 amide bonds. The number of rotatable bonds is 8. The largest absolute Gasteiger partial charge is 0.380 e. The van der Waals surface area contributed by atoms with Crippen LogP contribution in [0.25, 0.3) is 21.9 Å². The molecule has 0 radical (unpaired) electrons. The summed E-state index contributed by atoms with van der Waals surface area (Å²) in [5.74, 6) is -1.43. The third-order valence-electron chi connectivity index (χ3n) is 7.28. The van der Waals surface area contributed by atoms with Crippen molar-refractivity contribution in [3.05, 3.63) is 131 Å². The van der Waals surface area contributed by atoms with Crippen molar-refractivity contribution in [3.63, 3.8) is 0 Å². The first-order valence-electron chi connectivity index (χ1n) is 13.4. The van der Waals surface area contributed by atoms with E-state index < -0.39 is 17.7 Å². The van der Waals surface area contributed by atoms with E-state index >= 15 is 0 Å². The molecule has 5 aromatic carbocycles. The molecule has 0 saturated heterocycles. The van der Waals surface area contributed by atoms with Crippen molar-refractivity contribution in [3.8, 4) is 11.1 Å². The first-order chi connectivity index (χ1) is 20.0. The molecule has 7 nitrogen and oxygen atoms in total. The number of imide groups is 1. The molecule has 4 N–H and O–H groups in total. The van der Waals surface area contributed by atoms with Gasteiger partial charge in [-0.3, -0.25) is 19.3 Å². The van der Waals surface area contributed by atoms with Crippen molar-refractivity contribution in [2.45, 2.75) is 13.1 Å². The Labute approximate surface area is 237 Å². The summed E-state index contributed by atoms with van der Waals surface area (Å²) >= 11 is 0. The fourth-order valence-corrected chi connectivity index (χ4v) is 5.23. The minimum Gasteiger partial charge on any atom is -0.380 e. The summed E-state index contributed by atoms with van der Waals surface area (Å²) in [6.45, 7) is 0.645. The van der Waals surface area contributed by atoms with Crippen molar-refractivity contribution >= 4 is 39.9 Å².